The Balaban J connectivity index is 2.11. The normalized spacial score (nSPS) is 11.5. The van der Waals surface area contributed by atoms with E-state index in [1.165, 1.54) is 6.20 Å². The third kappa shape index (κ3) is 3.68. The summed E-state index contributed by atoms with van der Waals surface area (Å²) in [6.45, 7) is -0.304. The number of halogens is 5. The first kappa shape index (κ1) is 15.7. The highest BCUT2D eigenvalue weighted by molar-refractivity contribution is 6.41. The minimum absolute atomic E-state index is 0.00690. The summed E-state index contributed by atoms with van der Waals surface area (Å²) in [6, 6.07) is 4.04. The highest BCUT2D eigenvalue weighted by Crippen LogP contribution is 2.30. The van der Waals surface area contributed by atoms with Crippen LogP contribution < -0.4 is 10.3 Å². The van der Waals surface area contributed by atoms with E-state index >= 15 is 0 Å². The molecule has 0 aliphatic carbocycles. The average molecular weight is 339 g/mol. The number of ether oxygens (including phenoxy) is 1. The molecular formula is C12H7Cl2F3N2O2. The van der Waals surface area contributed by atoms with Crippen molar-refractivity contribution in [3.05, 3.63) is 56.4 Å². The molecular weight excluding hydrogens is 332 g/mol. The summed E-state index contributed by atoms with van der Waals surface area (Å²) in [4.78, 5) is 11.7. The van der Waals surface area contributed by atoms with E-state index in [9.17, 15) is 18.0 Å². The second-order valence-electron chi connectivity index (χ2n) is 3.91. The maximum Gasteiger partial charge on any atom is 0.416 e. The van der Waals surface area contributed by atoms with Crippen LogP contribution in [0, 0.1) is 0 Å². The van der Waals surface area contributed by atoms with Gasteiger partial charge in [0.2, 0.25) is 0 Å². The molecule has 0 aliphatic rings. The van der Waals surface area contributed by atoms with Gasteiger partial charge < -0.3 is 4.74 Å². The van der Waals surface area contributed by atoms with Crippen molar-refractivity contribution in [1.29, 1.82) is 0 Å². The second-order valence-corrected chi connectivity index (χ2v) is 4.69. The van der Waals surface area contributed by atoms with Crippen LogP contribution in [0.5, 0.6) is 5.75 Å². The summed E-state index contributed by atoms with van der Waals surface area (Å²) in [7, 11) is 0. The minimum Gasteiger partial charge on any atom is -0.471 e. The third-order valence-electron chi connectivity index (χ3n) is 2.48. The number of aromatic nitrogens is 2. The standard InChI is InChI=1S/C12H7Cl2F3N2O2/c13-9-5-18-19(11(20)10(9)14)6-21-8-3-1-7(2-4-8)12(15,16)17/h1-5H,6H2. The molecule has 2 rings (SSSR count). The van der Waals surface area contributed by atoms with Gasteiger partial charge in [-0.3, -0.25) is 4.79 Å². The van der Waals surface area contributed by atoms with Crippen LogP contribution in [-0.4, -0.2) is 9.78 Å². The third-order valence-corrected chi connectivity index (χ3v) is 3.23. The van der Waals surface area contributed by atoms with Crippen LogP contribution in [0.25, 0.3) is 0 Å². The molecule has 0 saturated heterocycles. The number of rotatable bonds is 3. The number of nitrogens with zero attached hydrogens (tertiary/aromatic N) is 2. The molecule has 0 aliphatic heterocycles. The first-order chi connectivity index (χ1) is 9.79. The number of hydrogen-bond donors (Lipinski definition) is 0. The molecule has 2 aromatic rings. The topological polar surface area (TPSA) is 44.1 Å². The van der Waals surface area contributed by atoms with Gasteiger partial charge in [0.15, 0.2) is 6.73 Å². The Morgan fingerprint density at radius 1 is 1.19 bits per heavy atom. The molecule has 0 atom stereocenters. The maximum atomic E-state index is 12.4. The molecule has 21 heavy (non-hydrogen) atoms. The van der Waals surface area contributed by atoms with E-state index in [1.54, 1.807) is 0 Å². The molecule has 112 valence electrons. The van der Waals surface area contributed by atoms with Gasteiger partial charge in [-0.1, -0.05) is 23.2 Å². The van der Waals surface area contributed by atoms with Crippen molar-refractivity contribution in [2.24, 2.45) is 0 Å². The number of benzene rings is 1. The smallest absolute Gasteiger partial charge is 0.416 e. The minimum atomic E-state index is -4.42. The molecule has 1 heterocycles. The zero-order valence-electron chi connectivity index (χ0n) is 10.2. The van der Waals surface area contributed by atoms with Gasteiger partial charge in [-0.15, -0.1) is 0 Å². The lowest BCUT2D eigenvalue weighted by atomic mass is 10.2. The zero-order valence-corrected chi connectivity index (χ0v) is 11.7. The van der Waals surface area contributed by atoms with Crippen LogP contribution in [0.4, 0.5) is 13.2 Å². The Morgan fingerprint density at radius 3 is 2.38 bits per heavy atom. The monoisotopic (exact) mass is 338 g/mol. The van der Waals surface area contributed by atoms with Crippen LogP contribution in [0.15, 0.2) is 35.3 Å². The average Bonchev–Trinajstić information content (AvgIpc) is 2.43. The lowest BCUT2D eigenvalue weighted by Crippen LogP contribution is -2.25. The Bertz CT molecular complexity index is 699. The molecule has 0 spiro atoms. The summed E-state index contributed by atoms with van der Waals surface area (Å²) in [6.07, 6.45) is -3.25. The molecule has 0 bridgehead atoms. The Hall–Kier alpha value is -1.73. The van der Waals surface area contributed by atoms with E-state index in [-0.39, 0.29) is 22.5 Å². The summed E-state index contributed by atoms with van der Waals surface area (Å²) in [5, 5.41) is 3.49. The van der Waals surface area contributed by atoms with Crippen molar-refractivity contribution in [2.75, 3.05) is 0 Å². The van der Waals surface area contributed by atoms with Crippen molar-refractivity contribution in [3.63, 3.8) is 0 Å². The van der Waals surface area contributed by atoms with Crippen molar-refractivity contribution >= 4 is 23.2 Å². The summed E-state index contributed by atoms with van der Waals surface area (Å²) < 4.78 is 43.2. The highest BCUT2D eigenvalue weighted by Gasteiger charge is 2.30. The summed E-state index contributed by atoms with van der Waals surface area (Å²) >= 11 is 11.3. The number of hydrogen-bond acceptors (Lipinski definition) is 3. The fourth-order valence-corrected chi connectivity index (χ4v) is 1.68. The van der Waals surface area contributed by atoms with Crippen LogP contribution >= 0.6 is 23.2 Å². The van der Waals surface area contributed by atoms with E-state index in [2.05, 4.69) is 5.10 Å². The van der Waals surface area contributed by atoms with Crippen LogP contribution in [0.1, 0.15) is 5.56 Å². The predicted molar refractivity (Wildman–Crippen MR) is 70.6 cm³/mol. The molecule has 0 fully saturated rings. The second kappa shape index (κ2) is 5.95. The van der Waals surface area contributed by atoms with Crippen molar-refractivity contribution < 1.29 is 17.9 Å². The first-order valence-corrected chi connectivity index (χ1v) is 6.26. The van der Waals surface area contributed by atoms with Gasteiger partial charge in [0.05, 0.1) is 16.8 Å². The molecule has 0 unspecified atom stereocenters. The van der Waals surface area contributed by atoms with Crippen LogP contribution in [-0.2, 0) is 12.9 Å². The molecule has 0 radical (unpaired) electrons. The fraction of sp³-hybridized carbons (Fsp3) is 0.167. The van der Waals surface area contributed by atoms with E-state index in [0.29, 0.717) is 0 Å². The van der Waals surface area contributed by atoms with E-state index in [4.69, 9.17) is 27.9 Å². The maximum absolute atomic E-state index is 12.4. The van der Waals surface area contributed by atoms with E-state index < -0.39 is 17.3 Å². The predicted octanol–water partition coefficient (Wildman–Crippen LogP) is 3.61. The van der Waals surface area contributed by atoms with Gasteiger partial charge in [-0.25, -0.2) is 0 Å². The molecule has 0 saturated carbocycles. The molecule has 0 amide bonds. The molecule has 1 aromatic heterocycles. The molecule has 1 aromatic carbocycles. The zero-order chi connectivity index (χ0) is 15.6. The highest BCUT2D eigenvalue weighted by atomic mass is 35.5. The summed E-state index contributed by atoms with van der Waals surface area (Å²) in [5.74, 6) is 0.155. The Labute approximate surface area is 126 Å². The summed E-state index contributed by atoms with van der Waals surface area (Å²) in [5.41, 5.74) is -1.45. The van der Waals surface area contributed by atoms with E-state index in [1.807, 2.05) is 0 Å². The van der Waals surface area contributed by atoms with Gasteiger partial charge in [0.25, 0.3) is 5.56 Å². The lowest BCUT2D eigenvalue weighted by Gasteiger charge is -2.10. The van der Waals surface area contributed by atoms with Gasteiger partial charge in [-0.05, 0) is 24.3 Å². The van der Waals surface area contributed by atoms with Gasteiger partial charge >= 0.3 is 6.18 Å². The van der Waals surface area contributed by atoms with Gasteiger partial charge in [0, 0.05) is 0 Å². The molecule has 9 heteroatoms. The SMILES string of the molecule is O=c1c(Cl)c(Cl)cnn1COc1ccc(C(F)(F)F)cc1. The quantitative estimate of drug-likeness (QED) is 0.858. The fourth-order valence-electron chi connectivity index (χ4n) is 1.41. The first-order valence-electron chi connectivity index (χ1n) is 5.50. The number of alkyl halides is 3. The van der Waals surface area contributed by atoms with Gasteiger partial charge in [-0.2, -0.15) is 23.0 Å². The Morgan fingerprint density at radius 2 is 1.81 bits per heavy atom. The van der Waals surface area contributed by atoms with Crippen LogP contribution in [0.2, 0.25) is 10.0 Å². The largest absolute Gasteiger partial charge is 0.471 e. The van der Waals surface area contributed by atoms with Crippen LogP contribution in [0.3, 0.4) is 0 Å². The lowest BCUT2D eigenvalue weighted by molar-refractivity contribution is -0.137. The van der Waals surface area contributed by atoms with Crippen molar-refractivity contribution in [2.45, 2.75) is 12.9 Å². The molecule has 4 nitrogen and oxygen atoms in total. The van der Waals surface area contributed by atoms with Gasteiger partial charge in [0.1, 0.15) is 10.8 Å². The Kier molecular flexibility index (Phi) is 4.43. The van der Waals surface area contributed by atoms with Crippen molar-refractivity contribution in [1.82, 2.24) is 9.78 Å². The molecule has 0 N–H and O–H groups in total. The van der Waals surface area contributed by atoms with Crippen molar-refractivity contribution in [3.8, 4) is 5.75 Å². The van der Waals surface area contributed by atoms with E-state index in [0.717, 1.165) is 28.9 Å².